The Kier molecular flexibility index (Phi) is 111. The molecule has 2 rings (SSSR count). The minimum atomic E-state index is 0. The summed E-state index contributed by atoms with van der Waals surface area (Å²) < 4.78 is 37.5. The number of benzene rings is 1. The molecule has 0 unspecified atom stereocenters. The van der Waals surface area contributed by atoms with Gasteiger partial charge >= 0.3 is 56.5 Å². The molecule has 1 aromatic rings. The van der Waals surface area contributed by atoms with Crippen molar-refractivity contribution >= 4 is 6.29 Å². The normalized spacial score (nSPS) is 7.92. The van der Waals surface area contributed by atoms with Crippen LogP contribution in [0.1, 0.15) is 37.7 Å². The number of rotatable bonds is 2. The van der Waals surface area contributed by atoms with Gasteiger partial charge in [-0.05, 0) is 0 Å². The molecule has 26 heavy (non-hydrogen) atoms. The molecule has 0 amide bonds. The first kappa shape index (κ1) is 44.2. The maximum absolute atomic E-state index is 9.79. The molecule has 1 aromatic carbocycles. The fraction of sp³-hybridized carbons (Fsp3) is 0.278. The second kappa shape index (κ2) is 65.1. The van der Waals surface area contributed by atoms with E-state index in [1.165, 1.54) is 38.5 Å². The summed E-state index contributed by atoms with van der Waals surface area (Å²) in [6.45, 7) is 22.5. The van der Waals surface area contributed by atoms with Crippen LogP contribution in [0.3, 0.4) is 0 Å². The van der Waals surface area contributed by atoms with Crippen LogP contribution >= 0.6 is 0 Å². The molecule has 1 fully saturated rings. The average Bonchev–Trinajstić information content (AvgIpc) is 3.31. The second-order valence-electron chi connectivity index (χ2n) is 3.44. The van der Waals surface area contributed by atoms with E-state index >= 15 is 0 Å². The first-order valence-electron chi connectivity index (χ1n) is 6.21. The van der Waals surface area contributed by atoms with E-state index in [-0.39, 0.29) is 37.2 Å². The van der Waals surface area contributed by atoms with E-state index in [4.69, 9.17) is 23.3 Å². The van der Waals surface area contributed by atoms with Crippen molar-refractivity contribution in [1.82, 2.24) is 0 Å². The van der Waals surface area contributed by atoms with Crippen molar-refractivity contribution in [3.8, 4) is 0 Å². The van der Waals surface area contributed by atoms with Crippen LogP contribution in [0.2, 0.25) is 0 Å². The predicted octanol–water partition coefficient (Wildman–Crippen LogP) is 3.11. The molecule has 2 radical (unpaired) electrons. The van der Waals surface area contributed by atoms with Gasteiger partial charge in [0.25, 0.3) is 0 Å². The van der Waals surface area contributed by atoms with Gasteiger partial charge in [-0.3, -0.25) is 6.42 Å². The van der Waals surface area contributed by atoms with E-state index < -0.39 is 0 Å². The molecule has 1 saturated carbocycles. The summed E-state index contributed by atoms with van der Waals surface area (Å²) in [5.74, 6) is 0. The Balaban J connectivity index is -0.0000000371. The van der Waals surface area contributed by atoms with Crippen LogP contribution in [0.15, 0.2) is 30.3 Å². The van der Waals surface area contributed by atoms with Crippen LogP contribution in [-0.2, 0) is 65.3 Å². The minimum Gasteiger partial charge on any atom is 0 e. The van der Waals surface area contributed by atoms with E-state index in [9.17, 15) is 4.79 Å². The zero-order chi connectivity index (χ0) is 20.1. The molecule has 0 aromatic heterocycles. The Morgan fingerprint density at radius 3 is 1.19 bits per heavy atom. The van der Waals surface area contributed by atoms with Gasteiger partial charge in [-0.2, -0.15) is 0 Å². The first-order valence-corrected chi connectivity index (χ1v) is 6.21. The van der Waals surface area contributed by atoms with E-state index in [0.717, 1.165) is 5.56 Å². The average molecular weight is 573 g/mol. The fourth-order valence-corrected chi connectivity index (χ4v) is 1.50. The molecule has 0 saturated heterocycles. The molecule has 1 aliphatic rings. The summed E-state index contributed by atoms with van der Waals surface area (Å²) in [6.07, 6.45) is 10.6. The van der Waals surface area contributed by atoms with Gasteiger partial charge in [0.15, 0.2) is 0 Å². The molecule has 1 aliphatic carbocycles. The third-order valence-corrected chi connectivity index (χ3v) is 2.28. The Labute approximate surface area is 179 Å². The molecule has 142 valence electrons. The number of hydrogen-bond donors (Lipinski definition) is 0. The molecule has 8 heteroatoms. The molecular weight excluding hydrogens is 557 g/mol. The van der Waals surface area contributed by atoms with Crippen LogP contribution in [0.25, 0.3) is 0 Å². The number of carbonyl (C=O) groups excluding carboxylic acids is 1. The molecule has 0 atom stereocenters. The van der Waals surface area contributed by atoms with Crippen molar-refractivity contribution in [1.29, 1.82) is 0 Å². The Hall–Kier alpha value is -1.37. The van der Waals surface area contributed by atoms with Crippen LogP contribution < -0.4 is 0 Å². The minimum absolute atomic E-state index is 0. The van der Waals surface area contributed by atoms with Crippen LogP contribution in [0, 0.1) is 39.7 Å². The van der Waals surface area contributed by atoms with Crippen molar-refractivity contribution in [2.75, 3.05) is 0 Å². The quantitative estimate of drug-likeness (QED) is 0.393. The summed E-state index contributed by atoms with van der Waals surface area (Å²) >= 11 is 0. The summed E-state index contributed by atoms with van der Waals surface area (Å²) in [7, 11) is 0. The molecule has 6 nitrogen and oxygen atoms in total. The van der Waals surface area contributed by atoms with Crippen molar-refractivity contribution in [3.63, 3.8) is 0 Å². The second-order valence-corrected chi connectivity index (χ2v) is 3.44. The number of hydrogen-bond acceptors (Lipinski definition) is 1. The summed E-state index contributed by atoms with van der Waals surface area (Å²) in [5, 5.41) is 0. The van der Waals surface area contributed by atoms with Gasteiger partial charge in [0.1, 0.15) is 0 Å². The van der Waals surface area contributed by atoms with Gasteiger partial charge in [-0.1, -0.05) is 44.5 Å². The zero-order valence-electron chi connectivity index (χ0n) is 13.7. The maximum Gasteiger partial charge on any atom is 0 e. The molecule has 0 N–H and O–H groups in total. The summed E-state index contributed by atoms with van der Waals surface area (Å²) in [4.78, 5) is 9.79. The molecule has 0 spiro atoms. The molecule has 0 heterocycles. The molecule has 0 aliphatic heterocycles. The Morgan fingerprint density at radius 2 is 0.962 bits per heavy atom. The van der Waals surface area contributed by atoms with Gasteiger partial charge < -0.3 is 10.4 Å². The smallest absolute Gasteiger partial charge is 0 e. The van der Waals surface area contributed by atoms with Gasteiger partial charge in [0.2, 0.25) is 0 Å². The van der Waals surface area contributed by atoms with Crippen molar-refractivity contribution in [2.45, 2.75) is 32.1 Å². The third kappa shape index (κ3) is 49.5. The predicted molar refractivity (Wildman–Crippen MR) is 78.3 cm³/mol. The van der Waals surface area contributed by atoms with E-state index in [0.29, 0.717) is 0 Å². The molecular formula is C18H16CoO6Re-2. The zero-order valence-corrected chi connectivity index (χ0v) is 17.4. The van der Waals surface area contributed by atoms with Gasteiger partial charge in [-0.25, -0.2) is 12.1 Å². The largest absolute Gasteiger partial charge is 0 e. The Bertz CT molecular complexity index is 394. The fourth-order valence-electron chi connectivity index (χ4n) is 1.50. The monoisotopic (exact) mass is 574 g/mol. The van der Waals surface area contributed by atoms with Crippen LogP contribution in [0.5, 0.6) is 0 Å². The van der Waals surface area contributed by atoms with E-state index in [1.54, 1.807) is 6.29 Å². The maximum atomic E-state index is 9.79. The summed E-state index contributed by atoms with van der Waals surface area (Å²) in [6, 6.07) is 9.37. The van der Waals surface area contributed by atoms with Crippen molar-refractivity contribution in [3.05, 3.63) is 75.6 Å². The van der Waals surface area contributed by atoms with Gasteiger partial charge in [0.05, 0.1) is 0 Å². The summed E-state index contributed by atoms with van der Waals surface area (Å²) in [5.41, 5.74) is 0.896. The first-order chi connectivity index (χ1) is 11.9. The Morgan fingerprint density at radius 1 is 0.692 bits per heavy atom. The SMILES string of the molecule is C1CCCC1.O=[C-][CH-]c1ccccc1.[C-]#[O+].[C-]#[O+].[C-]#[O+].[C-]#[O+].[C-]#[O+].[Co].[Re]. The van der Waals surface area contributed by atoms with Crippen LogP contribution in [0.4, 0.5) is 0 Å². The van der Waals surface area contributed by atoms with Crippen molar-refractivity contribution in [2.24, 2.45) is 0 Å². The molecule has 0 bridgehead atoms. The van der Waals surface area contributed by atoms with Gasteiger partial charge in [0, 0.05) is 37.2 Å². The standard InChI is InChI=1S/C8H6O.C5H10.5CO.Co.Re/c9-7-6-8-4-2-1-3-5-8;1-2-4-5-3-1;5*1-2;;/h1-6H;1-5H2;;;;;;;/q-2;;;;;;;;. The van der Waals surface area contributed by atoms with Crippen LogP contribution in [-0.4, -0.2) is 6.29 Å². The van der Waals surface area contributed by atoms with Crippen molar-refractivity contribution < 1.29 is 65.3 Å². The topological polar surface area (TPSA) is 117 Å². The van der Waals surface area contributed by atoms with Gasteiger partial charge in [-0.15, -0.1) is 12.1 Å². The third-order valence-electron chi connectivity index (χ3n) is 2.28. The van der Waals surface area contributed by atoms with E-state index in [2.05, 4.69) is 33.3 Å². The van der Waals surface area contributed by atoms with E-state index in [1.807, 2.05) is 30.3 Å².